The highest BCUT2D eigenvalue weighted by Crippen LogP contribution is 2.28. The zero-order valence-corrected chi connectivity index (χ0v) is 17.0. The smallest absolute Gasteiger partial charge is 0.434 e. The molecule has 0 bridgehead atoms. The lowest BCUT2D eigenvalue weighted by atomic mass is 9.98. The van der Waals surface area contributed by atoms with Crippen LogP contribution in [0.3, 0.4) is 0 Å². The van der Waals surface area contributed by atoms with Crippen LogP contribution >= 0.6 is 0 Å². The lowest BCUT2D eigenvalue weighted by Crippen LogP contribution is -2.57. The van der Waals surface area contributed by atoms with Gasteiger partial charge in [0.25, 0.3) is 0 Å². The summed E-state index contributed by atoms with van der Waals surface area (Å²) in [5.41, 5.74) is -0.201. The molecule has 0 radical (unpaired) electrons. The van der Waals surface area contributed by atoms with Crippen molar-refractivity contribution in [2.45, 2.75) is 50.8 Å². The van der Waals surface area contributed by atoms with E-state index in [1.165, 1.54) is 0 Å². The van der Waals surface area contributed by atoms with Crippen LogP contribution < -0.4 is 10.1 Å². The quantitative estimate of drug-likeness (QED) is 0.584. The molecule has 1 fully saturated rings. The highest BCUT2D eigenvalue weighted by molar-refractivity contribution is 5.34. The number of nitrogens with zero attached hydrogens (tertiary/aromatic N) is 4. The van der Waals surface area contributed by atoms with Gasteiger partial charge in [-0.25, -0.2) is 15.0 Å². The predicted octanol–water partition coefficient (Wildman–Crippen LogP) is 1.46. The fourth-order valence-electron chi connectivity index (χ4n) is 3.07. The average Bonchev–Trinajstić information content (AvgIpc) is 2.71. The van der Waals surface area contributed by atoms with Crippen LogP contribution in [0.15, 0.2) is 24.8 Å². The molecule has 3 N–H and O–H groups in total. The number of ether oxygens (including phenoxy) is 2. The Bertz CT molecular complexity index is 853. The van der Waals surface area contributed by atoms with Gasteiger partial charge in [-0.2, -0.15) is 13.2 Å². The molecule has 0 saturated carbocycles. The molecule has 1 saturated heterocycles. The number of aliphatic hydroxyl groups is 2. The molecule has 3 heterocycles. The molecule has 0 amide bonds. The molecule has 9 nitrogen and oxygen atoms in total. The summed E-state index contributed by atoms with van der Waals surface area (Å²) >= 11 is 0. The van der Waals surface area contributed by atoms with Gasteiger partial charge in [0.1, 0.15) is 30.7 Å². The summed E-state index contributed by atoms with van der Waals surface area (Å²) in [6, 6.07) is -0.784. The number of rotatable bonds is 7. The Morgan fingerprint density at radius 1 is 1.16 bits per heavy atom. The molecule has 170 valence electrons. The maximum Gasteiger partial charge on any atom is 0.434 e. The first-order valence-corrected chi connectivity index (χ1v) is 9.70. The van der Waals surface area contributed by atoms with Crippen molar-refractivity contribution >= 4 is 5.82 Å². The summed E-state index contributed by atoms with van der Waals surface area (Å²) in [6.45, 7) is 3.95. The predicted molar refractivity (Wildman–Crippen MR) is 102 cm³/mol. The van der Waals surface area contributed by atoms with E-state index in [1.54, 1.807) is 12.4 Å². The Hall–Kier alpha value is -2.57. The van der Waals surface area contributed by atoms with Crippen LogP contribution in [0.25, 0.3) is 0 Å². The molecule has 2 aromatic rings. The van der Waals surface area contributed by atoms with E-state index in [4.69, 9.17) is 9.47 Å². The van der Waals surface area contributed by atoms with Gasteiger partial charge < -0.3 is 25.0 Å². The largest absolute Gasteiger partial charge is 0.461 e. The van der Waals surface area contributed by atoms with Gasteiger partial charge in [-0.1, -0.05) is 13.8 Å². The summed E-state index contributed by atoms with van der Waals surface area (Å²) < 4.78 is 49.3. The Morgan fingerprint density at radius 2 is 1.87 bits per heavy atom. The van der Waals surface area contributed by atoms with Crippen LogP contribution in [0.4, 0.5) is 19.0 Å². The van der Waals surface area contributed by atoms with Gasteiger partial charge >= 0.3 is 12.2 Å². The molecule has 4 atom stereocenters. The standard InChI is InChI=1S/C19H24F3N5O4/c1-10(2)3-11-4-24-18(25-5-11)31-9-13-17(29)16(28)12(8-30-13)26-15-7-23-6-14(27-15)19(20,21)22/h4-7,10,12-13,16-17,28-29H,3,8-9H2,1-2H3,(H,26,27)/t12-,13+,16+,17-/m0/s1. The zero-order chi connectivity index (χ0) is 22.6. The minimum Gasteiger partial charge on any atom is -0.461 e. The van der Waals surface area contributed by atoms with E-state index in [-0.39, 0.29) is 25.0 Å². The van der Waals surface area contributed by atoms with E-state index >= 15 is 0 Å². The average molecular weight is 443 g/mol. The van der Waals surface area contributed by atoms with Gasteiger partial charge in [-0.15, -0.1) is 0 Å². The third-order valence-corrected chi connectivity index (χ3v) is 4.59. The first-order valence-electron chi connectivity index (χ1n) is 9.70. The lowest BCUT2D eigenvalue weighted by Gasteiger charge is -2.37. The Balaban J connectivity index is 1.54. The van der Waals surface area contributed by atoms with E-state index < -0.39 is 36.2 Å². The van der Waals surface area contributed by atoms with E-state index in [2.05, 4.69) is 39.1 Å². The summed E-state index contributed by atoms with van der Waals surface area (Å²) in [5, 5.41) is 23.3. The number of alkyl halides is 3. The summed E-state index contributed by atoms with van der Waals surface area (Å²) in [6.07, 6.45) is -2.39. The maximum atomic E-state index is 12.8. The van der Waals surface area contributed by atoms with Gasteiger partial charge in [0.05, 0.1) is 25.0 Å². The number of anilines is 1. The van der Waals surface area contributed by atoms with Crippen LogP contribution in [0.1, 0.15) is 25.1 Å². The lowest BCUT2D eigenvalue weighted by molar-refractivity contribution is -0.150. The molecule has 12 heteroatoms. The molecule has 1 aliphatic heterocycles. The summed E-state index contributed by atoms with van der Waals surface area (Å²) in [5.74, 6) is 0.269. The van der Waals surface area contributed by atoms with Gasteiger partial charge in [0, 0.05) is 12.4 Å². The van der Waals surface area contributed by atoms with Crippen LogP contribution in [-0.2, 0) is 17.3 Å². The molecule has 0 aromatic carbocycles. The van der Waals surface area contributed by atoms with Crippen molar-refractivity contribution in [1.82, 2.24) is 19.9 Å². The number of nitrogens with one attached hydrogen (secondary N) is 1. The topological polar surface area (TPSA) is 123 Å². The van der Waals surface area contributed by atoms with E-state index in [9.17, 15) is 23.4 Å². The molecule has 0 aliphatic carbocycles. The SMILES string of the molecule is CC(C)Cc1cnc(OC[C@H]2OC[C@H](Nc3cncc(C(F)(F)F)n3)[C@@H](O)[C@H]2O)nc1. The van der Waals surface area contributed by atoms with Crippen molar-refractivity contribution < 1.29 is 32.9 Å². The third kappa shape index (κ3) is 6.21. The Morgan fingerprint density at radius 3 is 2.52 bits per heavy atom. The minimum atomic E-state index is -4.65. The molecule has 0 unspecified atom stereocenters. The van der Waals surface area contributed by atoms with Crippen LogP contribution in [0.2, 0.25) is 0 Å². The van der Waals surface area contributed by atoms with Crippen LogP contribution in [0.5, 0.6) is 6.01 Å². The van der Waals surface area contributed by atoms with Crippen molar-refractivity contribution in [3.05, 3.63) is 36.0 Å². The number of halogens is 3. The number of hydrogen-bond acceptors (Lipinski definition) is 9. The first-order chi connectivity index (χ1) is 14.6. The van der Waals surface area contributed by atoms with Gasteiger partial charge in [0.15, 0.2) is 5.69 Å². The second kappa shape index (κ2) is 9.71. The third-order valence-electron chi connectivity index (χ3n) is 4.59. The van der Waals surface area contributed by atoms with Crippen molar-refractivity contribution in [3.8, 4) is 6.01 Å². The van der Waals surface area contributed by atoms with Crippen molar-refractivity contribution in [2.24, 2.45) is 5.92 Å². The summed E-state index contributed by atoms with van der Waals surface area (Å²) in [7, 11) is 0. The van der Waals surface area contributed by atoms with Crippen molar-refractivity contribution in [1.29, 1.82) is 0 Å². The molecule has 1 aliphatic rings. The van der Waals surface area contributed by atoms with Crippen LogP contribution in [0, 0.1) is 5.92 Å². The second-order valence-corrected chi connectivity index (χ2v) is 7.67. The monoisotopic (exact) mass is 443 g/mol. The van der Waals surface area contributed by atoms with E-state index in [0.29, 0.717) is 12.1 Å². The molecule has 0 spiro atoms. The molecular weight excluding hydrogens is 419 g/mol. The Kier molecular flexibility index (Phi) is 7.23. The first kappa shape index (κ1) is 23.1. The maximum absolute atomic E-state index is 12.8. The fraction of sp³-hybridized carbons (Fsp3) is 0.579. The van der Waals surface area contributed by atoms with Crippen molar-refractivity contribution in [3.63, 3.8) is 0 Å². The molecule has 3 rings (SSSR count). The van der Waals surface area contributed by atoms with Crippen molar-refractivity contribution in [2.75, 3.05) is 18.5 Å². The van der Waals surface area contributed by atoms with Gasteiger partial charge in [-0.05, 0) is 17.9 Å². The summed E-state index contributed by atoms with van der Waals surface area (Å²) in [4.78, 5) is 15.1. The number of hydrogen-bond donors (Lipinski definition) is 3. The van der Waals surface area contributed by atoms with Gasteiger partial charge in [0.2, 0.25) is 0 Å². The second-order valence-electron chi connectivity index (χ2n) is 7.67. The van der Waals surface area contributed by atoms with Gasteiger partial charge in [-0.3, -0.25) is 4.98 Å². The normalized spacial score (nSPS) is 24.3. The van der Waals surface area contributed by atoms with Crippen LogP contribution in [-0.4, -0.2) is 67.7 Å². The minimum absolute atomic E-state index is 0.0988. The van der Waals surface area contributed by atoms with E-state index in [0.717, 1.165) is 18.2 Å². The van der Waals surface area contributed by atoms with E-state index in [1.807, 2.05) is 0 Å². The highest BCUT2D eigenvalue weighted by Gasteiger charge is 2.39. The number of aliphatic hydroxyl groups excluding tert-OH is 2. The zero-order valence-electron chi connectivity index (χ0n) is 17.0. The highest BCUT2D eigenvalue weighted by atomic mass is 19.4. The molecular formula is C19H24F3N5O4. The fourth-order valence-corrected chi connectivity index (χ4v) is 3.07. The molecule has 31 heavy (non-hydrogen) atoms. The number of aromatic nitrogens is 4. The molecule has 2 aromatic heterocycles. The Labute approximate surface area is 176 Å².